The van der Waals surface area contributed by atoms with Crippen LogP contribution in [-0.4, -0.2) is 0 Å². The van der Waals surface area contributed by atoms with Crippen LogP contribution in [0.15, 0.2) is 22.8 Å². The summed E-state index contributed by atoms with van der Waals surface area (Å²) in [7, 11) is 0. The van der Waals surface area contributed by atoms with Gasteiger partial charge in [-0.25, -0.2) is 0 Å². The van der Waals surface area contributed by atoms with Crippen molar-refractivity contribution >= 4 is 0 Å². The molecule has 0 nitrogen and oxygen atoms in total. The molecular formula is C14H22. The Kier molecular flexibility index (Phi) is 2.33. The normalized spacial score (nSPS) is 34.1. The Hall–Kier alpha value is -0.520. The van der Waals surface area contributed by atoms with Gasteiger partial charge in [-0.1, -0.05) is 37.0 Å². The van der Waals surface area contributed by atoms with E-state index in [1.54, 1.807) is 11.1 Å². The maximum atomic E-state index is 2.52. The lowest BCUT2D eigenvalue weighted by atomic mass is 9.72. The Morgan fingerprint density at radius 1 is 1.14 bits per heavy atom. The Balaban J connectivity index is 2.33. The van der Waals surface area contributed by atoms with E-state index in [2.05, 4.69) is 33.8 Å². The minimum absolute atomic E-state index is 0.394. The van der Waals surface area contributed by atoms with Crippen LogP contribution >= 0.6 is 0 Å². The quantitative estimate of drug-likeness (QED) is 0.572. The second kappa shape index (κ2) is 3.25. The molecule has 0 amide bonds. The first-order valence-corrected chi connectivity index (χ1v) is 5.93. The molecule has 0 saturated heterocycles. The van der Waals surface area contributed by atoms with Crippen LogP contribution in [0.2, 0.25) is 0 Å². The van der Waals surface area contributed by atoms with Crippen LogP contribution in [0.1, 0.15) is 53.4 Å². The summed E-state index contributed by atoms with van der Waals surface area (Å²) in [6.45, 7) is 9.32. The van der Waals surface area contributed by atoms with Gasteiger partial charge in [-0.3, -0.25) is 0 Å². The molecule has 0 radical (unpaired) electrons. The van der Waals surface area contributed by atoms with Crippen molar-refractivity contribution in [3.05, 3.63) is 22.8 Å². The lowest BCUT2D eigenvalue weighted by Crippen LogP contribution is -2.23. The third kappa shape index (κ3) is 1.27. The lowest BCUT2D eigenvalue weighted by Gasteiger charge is -2.32. The largest absolute Gasteiger partial charge is 0.0711 e. The van der Waals surface area contributed by atoms with Gasteiger partial charge in [0.2, 0.25) is 0 Å². The van der Waals surface area contributed by atoms with Crippen LogP contribution in [0.3, 0.4) is 0 Å². The fraction of sp³-hybridized carbons (Fsp3) is 0.714. The maximum Gasteiger partial charge on any atom is 0.00995 e. The molecule has 0 aromatic carbocycles. The highest BCUT2D eigenvalue weighted by atomic mass is 14.4. The molecule has 0 spiro atoms. The molecule has 78 valence electrons. The summed E-state index contributed by atoms with van der Waals surface area (Å²) in [4.78, 5) is 0. The summed E-state index contributed by atoms with van der Waals surface area (Å²) in [6, 6.07) is 0. The molecule has 2 aliphatic rings. The first kappa shape index (κ1) is 10.0. The van der Waals surface area contributed by atoms with Crippen molar-refractivity contribution in [2.75, 3.05) is 0 Å². The van der Waals surface area contributed by atoms with Gasteiger partial charge in [0.05, 0.1) is 0 Å². The van der Waals surface area contributed by atoms with Gasteiger partial charge in [-0.05, 0) is 45.1 Å². The topological polar surface area (TPSA) is 0 Å². The lowest BCUT2D eigenvalue weighted by molar-refractivity contribution is 0.316. The van der Waals surface area contributed by atoms with Gasteiger partial charge < -0.3 is 0 Å². The minimum atomic E-state index is 0.394. The second-order valence-electron chi connectivity index (χ2n) is 5.34. The molecule has 0 bridgehead atoms. The van der Waals surface area contributed by atoms with Crippen LogP contribution in [0.25, 0.3) is 0 Å². The zero-order valence-electron chi connectivity index (χ0n) is 9.98. The van der Waals surface area contributed by atoms with Crippen LogP contribution in [-0.2, 0) is 0 Å². The Morgan fingerprint density at radius 2 is 1.71 bits per heavy atom. The van der Waals surface area contributed by atoms with Crippen molar-refractivity contribution in [2.45, 2.75) is 53.4 Å². The molecule has 0 aromatic rings. The van der Waals surface area contributed by atoms with E-state index in [4.69, 9.17) is 0 Å². The summed E-state index contributed by atoms with van der Waals surface area (Å²) in [6.07, 6.45) is 8.28. The van der Waals surface area contributed by atoms with Crippen LogP contribution in [0.5, 0.6) is 0 Å². The molecule has 14 heavy (non-hydrogen) atoms. The van der Waals surface area contributed by atoms with Gasteiger partial charge >= 0.3 is 0 Å². The smallest absolute Gasteiger partial charge is 0.00995 e. The Bertz CT molecular complexity index is 300. The third-order valence-corrected chi connectivity index (χ3v) is 4.68. The van der Waals surface area contributed by atoms with E-state index in [9.17, 15) is 0 Å². The monoisotopic (exact) mass is 190 g/mol. The van der Waals surface area contributed by atoms with Crippen LogP contribution in [0.4, 0.5) is 0 Å². The van der Waals surface area contributed by atoms with E-state index < -0.39 is 0 Å². The van der Waals surface area contributed by atoms with Crippen molar-refractivity contribution < 1.29 is 0 Å². The van der Waals surface area contributed by atoms with Gasteiger partial charge in [0.15, 0.2) is 0 Å². The highest BCUT2D eigenvalue weighted by Crippen LogP contribution is 2.51. The number of rotatable bonds is 1. The fourth-order valence-corrected chi connectivity index (χ4v) is 3.32. The molecule has 2 rings (SSSR count). The molecule has 1 atom stereocenters. The van der Waals surface area contributed by atoms with Gasteiger partial charge in [0, 0.05) is 5.41 Å². The summed E-state index contributed by atoms with van der Waals surface area (Å²) in [5, 5.41) is 0. The standard InChI is InChI=1S/C14H22/c1-10-9-14(4,12(3)11(10)2)13-7-5-6-8-13/h9,13H,5-8H2,1-4H3. The Labute approximate surface area is 88.1 Å². The summed E-state index contributed by atoms with van der Waals surface area (Å²) in [5.41, 5.74) is 5.07. The van der Waals surface area contributed by atoms with Crippen molar-refractivity contribution in [1.82, 2.24) is 0 Å². The fourth-order valence-electron chi connectivity index (χ4n) is 3.32. The SMILES string of the molecule is CC1=CC(C)(C2CCCC2)C(C)=C1C. The third-order valence-electron chi connectivity index (χ3n) is 4.68. The van der Waals surface area contributed by atoms with Crippen molar-refractivity contribution in [3.63, 3.8) is 0 Å². The van der Waals surface area contributed by atoms with Crippen molar-refractivity contribution in [3.8, 4) is 0 Å². The molecule has 0 heterocycles. The average molecular weight is 190 g/mol. The zero-order valence-corrected chi connectivity index (χ0v) is 9.98. The van der Waals surface area contributed by atoms with Crippen LogP contribution in [0, 0.1) is 11.3 Å². The summed E-state index contributed by atoms with van der Waals surface area (Å²) < 4.78 is 0. The van der Waals surface area contributed by atoms with E-state index in [-0.39, 0.29) is 0 Å². The van der Waals surface area contributed by atoms with E-state index in [0.29, 0.717) is 5.41 Å². The van der Waals surface area contributed by atoms with E-state index in [1.165, 1.54) is 31.3 Å². The highest BCUT2D eigenvalue weighted by molar-refractivity contribution is 5.45. The van der Waals surface area contributed by atoms with E-state index >= 15 is 0 Å². The zero-order chi connectivity index (χ0) is 10.3. The first-order chi connectivity index (χ1) is 6.55. The van der Waals surface area contributed by atoms with Gasteiger partial charge in [0.25, 0.3) is 0 Å². The molecule has 1 fully saturated rings. The maximum absolute atomic E-state index is 2.52. The predicted octanol–water partition coefficient (Wildman–Crippen LogP) is 4.48. The molecular weight excluding hydrogens is 168 g/mol. The summed E-state index contributed by atoms with van der Waals surface area (Å²) in [5.74, 6) is 0.912. The van der Waals surface area contributed by atoms with E-state index in [1.807, 2.05) is 0 Å². The van der Waals surface area contributed by atoms with E-state index in [0.717, 1.165) is 5.92 Å². The molecule has 0 heteroatoms. The molecule has 0 aliphatic heterocycles. The molecule has 0 N–H and O–H groups in total. The van der Waals surface area contributed by atoms with Gasteiger partial charge in [-0.15, -0.1) is 0 Å². The predicted molar refractivity (Wildman–Crippen MR) is 62.2 cm³/mol. The number of hydrogen-bond acceptors (Lipinski definition) is 0. The second-order valence-corrected chi connectivity index (χ2v) is 5.34. The molecule has 2 aliphatic carbocycles. The number of allylic oxidation sites excluding steroid dienone is 4. The average Bonchev–Trinajstić information content (AvgIpc) is 2.73. The Morgan fingerprint density at radius 3 is 2.14 bits per heavy atom. The van der Waals surface area contributed by atoms with Crippen molar-refractivity contribution in [2.24, 2.45) is 11.3 Å². The van der Waals surface area contributed by atoms with Crippen LogP contribution < -0.4 is 0 Å². The highest BCUT2D eigenvalue weighted by Gasteiger charge is 2.39. The minimum Gasteiger partial charge on any atom is -0.0711 e. The molecule has 1 saturated carbocycles. The van der Waals surface area contributed by atoms with Gasteiger partial charge in [0.1, 0.15) is 0 Å². The number of hydrogen-bond donors (Lipinski definition) is 0. The molecule has 1 unspecified atom stereocenters. The molecule has 0 aromatic heterocycles. The summed E-state index contributed by atoms with van der Waals surface area (Å²) >= 11 is 0. The van der Waals surface area contributed by atoms with Crippen molar-refractivity contribution in [1.29, 1.82) is 0 Å². The van der Waals surface area contributed by atoms with Gasteiger partial charge in [-0.2, -0.15) is 0 Å². The first-order valence-electron chi connectivity index (χ1n) is 5.93.